The van der Waals surface area contributed by atoms with Crippen LogP contribution in [0, 0.1) is 0 Å². The van der Waals surface area contributed by atoms with E-state index < -0.39 is 5.97 Å². The monoisotopic (exact) mass is 346 g/mol. The number of carboxylic acid groups (broad SMARTS) is 1. The summed E-state index contributed by atoms with van der Waals surface area (Å²) >= 11 is 0. The lowest BCUT2D eigenvalue weighted by atomic mass is 10.1. The van der Waals surface area contributed by atoms with Gasteiger partial charge in [0.2, 0.25) is 0 Å². The second kappa shape index (κ2) is 11.9. The number of methoxy groups -OCH3 is 2. The van der Waals surface area contributed by atoms with Gasteiger partial charge in [0.25, 0.3) is 0 Å². The molecule has 0 aliphatic carbocycles. The molecule has 0 spiro atoms. The van der Waals surface area contributed by atoms with Gasteiger partial charge in [0.1, 0.15) is 11.5 Å². The SMILES string of the molecule is COc1cccc(CCC(=O)O)c1.COc1cccc(CCCO)c1. The zero-order valence-electron chi connectivity index (χ0n) is 14.8. The topological polar surface area (TPSA) is 76.0 Å². The first-order chi connectivity index (χ1) is 12.1. The molecule has 0 saturated carbocycles. The summed E-state index contributed by atoms with van der Waals surface area (Å²) in [5.74, 6) is 0.871. The smallest absolute Gasteiger partial charge is 0.303 e. The fourth-order valence-corrected chi connectivity index (χ4v) is 2.19. The van der Waals surface area contributed by atoms with Gasteiger partial charge in [0.05, 0.1) is 14.2 Å². The Bertz CT molecular complexity index is 639. The number of benzene rings is 2. The second-order valence-electron chi connectivity index (χ2n) is 5.42. The molecular formula is C20H26O5. The Hall–Kier alpha value is -2.53. The summed E-state index contributed by atoms with van der Waals surface area (Å²) < 4.78 is 10.1. The van der Waals surface area contributed by atoms with Crippen molar-refractivity contribution in [3.05, 3.63) is 59.7 Å². The average Bonchev–Trinajstić information content (AvgIpc) is 2.65. The van der Waals surface area contributed by atoms with Gasteiger partial charge in [-0.1, -0.05) is 24.3 Å². The van der Waals surface area contributed by atoms with E-state index in [1.54, 1.807) is 14.2 Å². The summed E-state index contributed by atoms with van der Waals surface area (Å²) in [7, 11) is 3.25. The number of aliphatic carboxylic acids is 1. The molecule has 2 N–H and O–H groups in total. The summed E-state index contributed by atoms with van der Waals surface area (Å²) in [6, 6.07) is 15.4. The molecule has 2 rings (SSSR count). The van der Waals surface area contributed by atoms with E-state index in [0.29, 0.717) is 6.42 Å². The molecule has 5 nitrogen and oxygen atoms in total. The molecule has 0 atom stereocenters. The van der Waals surface area contributed by atoms with Crippen LogP contribution in [0.4, 0.5) is 0 Å². The van der Waals surface area contributed by atoms with Gasteiger partial charge in [-0.3, -0.25) is 4.79 Å². The predicted molar refractivity (Wildman–Crippen MR) is 97.4 cm³/mol. The minimum absolute atomic E-state index is 0.160. The van der Waals surface area contributed by atoms with Crippen LogP contribution < -0.4 is 9.47 Å². The highest BCUT2D eigenvalue weighted by Gasteiger charge is 1.99. The second-order valence-corrected chi connectivity index (χ2v) is 5.42. The highest BCUT2D eigenvalue weighted by molar-refractivity contribution is 5.67. The number of ether oxygens (including phenoxy) is 2. The van der Waals surface area contributed by atoms with Crippen LogP contribution in [0.2, 0.25) is 0 Å². The fraction of sp³-hybridized carbons (Fsp3) is 0.350. The highest BCUT2D eigenvalue weighted by atomic mass is 16.5. The molecule has 0 fully saturated rings. The van der Waals surface area contributed by atoms with Gasteiger partial charge in [-0.25, -0.2) is 0 Å². The van der Waals surface area contributed by atoms with Crippen LogP contribution in [0.5, 0.6) is 11.5 Å². The summed E-state index contributed by atoms with van der Waals surface area (Å²) in [5, 5.41) is 17.1. The molecule has 0 amide bonds. The quantitative estimate of drug-likeness (QED) is 0.767. The Morgan fingerprint density at radius 1 is 0.920 bits per heavy atom. The van der Waals surface area contributed by atoms with E-state index in [1.807, 2.05) is 48.5 Å². The van der Waals surface area contributed by atoms with Crippen LogP contribution in [-0.2, 0) is 17.6 Å². The van der Waals surface area contributed by atoms with Gasteiger partial charge in [-0.15, -0.1) is 0 Å². The predicted octanol–water partition coefficient (Wildman–Crippen LogP) is 3.33. The van der Waals surface area contributed by atoms with Crippen LogP contribution >= 0.6 is 0 Å². The van der Waals surface area contributed by atoms with E-state index in [4.69, 9.17) is 19.7 Å². The van der Waals surface area contributed by atoms with Crippen LogP contribution in [0.25, 0.3) is 0 Å². The number of carbonyl (C=O) groups is 1. The maximum Gasteiger partial charge on any atom is 0.303 e. The Kier molecular flexibility index (Phi) is 9.78. The zero-order chi connectivity index (χ0) is 18.5. The summed E-state index contributed by atoms with van der Waals surface area (Å²) in [5.41, 5.74) is 2.20. The summed E-state index contributed by atoms with van der Waals surface area (Å²) in [4.78, 5) is 10.3. The van der Waals surface area contributed by atoms with E-state index >= 15 is 0 Å². The molecule has 2 aromatic rings. The van der Waals surface area contributed by atoms with Gasteiger partial charge < -0.3 is 19.7 Å². The molecule has 25 heavy (non-hydrogen) atoms. The first-order valence-electron chi connectivity index (χ1n) is 8.17. The third kappa shape index (κ3) is 8.77. The Morgan fingerprint density at radius 2 is 1.44 bits per heavy atom. The number of hydrogen-bond donors (Lipinski definition) is 2. The van der Waals surface area contributed by atoms with Crippen molar-refractivity contribution >= 4 is 5.97 Å². The van der Waals surface area contributed by atoms with Gasteiger partial charge in [0, 0.05) is 13.0 Å². The molecule has 5 heteroatoms. The highest BCUT2D eigenvalue weighted by Crippen LogP contribution is 2.14. The number of aliphatic hydroxyl groups excluding tert-OH is 1. The summed E-state index contributed by atoms with van der Waals surface area (Å²) in [6.45, 7) is 0.247. The Morgan fingerprint density at radius 3 is 1.88 bits per heavy atom. The van der Waals surface area contributed by atoms with Crippen molar-refractivity contribution in [1.82, 2.24) is 0 Å². The van der Waals surface area contributed by atoms with Crippen LogP contribution in [0.1, 0.15) is 24.0 Å². The fourth-order valence-electron chi connectivity index (χ4n) is 2.19. The average molecular weight is 346 g/mol. The van der Waals surface area contributed by atoms with E-state index in [-0.39, 0.29) is 13.0 Å². The molecule has 2 aromatic carbocycles. The normalized spacial score (nSPS) is 9.72. The van der Waals surface area contributed by atoms with Gasteiger partial charge in [-0.2, -0.15) is 0 Å². The van der Waals surface area contributed by atoms with E-state index in [9.17, 15) is 4.79 Å². The molecule has 0 aliphatic rings. The molecule has 0 bridgehead atoms. The zero-order valence-corrected chi connectivity index (χ0v) is 14.8. The Balaban J connectivity index is 0.000000251. The van der Waals surface area contributed by atoms with Crippen molar-refractivity contribution in [2.75, 3.05) is 20.8 Å². The van der Waals surface area contributed by atoms with Crippen molar-refractivity contribution in [1.29, 1.82) is 0 Å². The van der Waals surface area contributed by atoms with Crippen molar-refractivity contribution < 1.29 is 24.5 Å². The maximum absolute atomic E-state index is 10.3. The third-order valence-electron chi connectivity index (χ3n) is 3.52. The molecule has 0 aromatic heterocycles. The minimum atomic E-state index is -0.775. The van der Waals surface area contributed by atoms with Crippen molar-refractivity contribution in [2.24, 2.45) is 0 Å². The molecule has 0 aliphatic heterocycles. The van der Waals surface area contributed by atoms with Crippen molar-refractivity contribution in [3.8, 4) is 11.5 Å². The first kappa shape index (κ1) is 20.5. The van der Waals surface area contributed by atoms with Crippen LogP contribution in [0.15, 0.2) is 48.5 Å². The van der Waals surface area contributed by atoms with Gasteiger partial charge >= 0.3 is 5.97 Å². The lowest BCUT2D eigenvalue weighted by Crippen LogP contribution is -1.97. The van der Waals surface area contributed by atoms with E-state index in [0.717, 1.165) is 29.9 Å². The number of carboxylic acids is 1. The lowest BCUT2D eigenvalue weighted by molar-refractivity contribution is -0.136. The number of aliphatic hydroxyl groups is 1. The van der Waals surface area contributed by atoms with Crippen LogP contribution in [0.3, 0.4) is 0 Å². The standard InChI is InChI=1S/C10H12O3.C10H14O2/c1-13-9-4-2-3-8(7-9)5-6-10(11)12;1-12-10-6-2-4-9(8-10)5-3-7-11/h2-4,7H,5-6H2,1H3,(H,11,12);2,4,6,8,11H,3,5,7H2,1H3. The molecule has 0 saturated heterocycles. The van der Waals surface area contributed by atoms with Gasteiger partial charge in [-0.05, 0) is 54.7 Å². The molecule has 0 heterocycles. The first-order valence-corrected chi connectivity index (χ1v) is 8.17. The molecule has 136 valence electrons. The van der Waals surface area contributed by atoms with Crippen molar-refractivity contribution in [2.45, 2.75) is 25.7 Å². The minimum Gasteiger partial charge on any atom is -0.497 e. The van der Waals surface area contributed by atoms with Crippen LogP contribution in [-0.4, -0.2) is 37.0 Å². The van der Waals surface area contributed by atoms with E-state index in [2.05, 4.69) is 0 Å². The van der Waals surface area contributed by atoms with E-state index in [1.165, 1.54) is 5.56 Å². The van der Waals surface area contributed by atoms with Gasteiger partial charge in [0.15, 0.2) is 0 Å². The molecule has 0 unspecified atom stereocenters. The van der Waals surface area contributed by atoms with Crippen molar-refractivity contribution in [3.63, 3.8) is 0 Å². The third-order valence-corrected chi connectivity index (χ3v) is 3.52. The number of hydrogen-bond acceptors (Lipinski definition) is 4. The molecule has 0 radical (unpaired) electrons. The largest absolute Gasteiger partial charge is 0.497 e. The maximum atomic E-state index is 10.3. The molecular weight excluding hydrogens is 320 g/mol. The lowest BCUT2D eigenvalue weighted by Gasteiger charge is -2.02. The Labute approximate surface area is 148 Å². The summed E-state index contributed by atoms with van der Waals surface area (Å²) in [6.07, 6.45) is 2.43. The number of aryl methyl sites for hydroxylation is 2. The number of rotatable bonds is 8.